The van der Waals surface area contributed by atoms with E-state index >= 15 is 0 Å². The maximum absolute atomic E-state index is 11.1. The summed E-state index contributed by atoms with van der Waals surface area (Å²) < 4.78 is 4.87. The maximum Gasteiger partial charge on any atom is 0.305 e. The van der Waals surface area contributed by atoms with Crippen molar-refractivity contribution in [3.63, 3.8) is 0 Å². The highest BCUT2D eigenvalue weighted by Gasteiger charge is 2.17. The summed E-state index contributed by atoms with van der Waals surface area (Å²) in [6.45, 7) is 10.4. The number of ether oxygens (including phenoxy) is 1. The lowest BCUT2D eigenvalue weighted by molar-refractivity contribution is -0.143. The molecule has 0 saturated carbocycles. The van der Waals surface area contributed by atoms with E-state index < -0.39 is 0 Å². The molecule has 4 nitrogen and oxygen atoms in total. The van der Waals surface area contributed by atoms with Crippen molar-refractivity contribution in [2.75, 3.05) is 13.2 Å². The lowest BCUT2D eigenvalue weighted by Gasteiger charge is -2.13. The fourth-order valence-corrected chi connectivity index (χ4v) is 2.45. The third-order valence-corrected chi connectivity index (χ3v) is 3.86. The third-order valence-electron chi connectivity index (χ3n) is 2.54. The van der Waals surface area contributed by atoms with Crippen LogP contribution in [0.25, 0.3) is 0 Å². The fraction of sp³-hybridized carbons (Fsp3) is 0.714. The van der Waals surface area contributed by atoms with Crippen LogP contribution in [0.5, 0.6) is 0 Å². The molecule has 0 aliphatic rings. The van der Waals surface area contributed by atoms with Crippen LogP contribution in [-0.4, -0.2) is 24.1 Å². The molecule has 0 amide bonds. The molecule has 0 atom stereocenters. The Bertz CT molecular complexity index is 396. The third kappa shape index (κ3) is 6.16. The van der Waals surface area contributed by atoms with Gasteiger partial charge in [0.15, 0.2) is 0 Å². The van der Waals surface area contributed by atoms with Gasteiger partial charge in [-0.25, -0.2) is 4.98 Å². The number of esters is 1. The molecule has 0 aliphatic carbocycles. The molecule has 1 heterocycles. The smallest absolute Gasteiger partial charge is 0.305 e. The number of rotatable bonds is 7. The van der Waals surface area contributed by atoms with E-state index in [0.717, 1.165) is 30.2 Å². The van der Waals surface area contributed by atoms with Crippen LogP contribution in [-0.2, 0) is 21.5 Å². The monoisotopic (exact) mass is 284 g/mol. The lowest BCUT2D eigenvalue weighted by Crippen LogP contribution is -2.17. The minimum Gasteiger partial charge on any atom is -0.466 e. The number of nitrogens with zero attached hydrogens (tertiary/aromatic N) is 1. The first-order valence-electron chi connectivity index (χ1n) is 6.74. The first kappa shape index (κ1) is 16.1. The van der Waals surface area contributed by atoms with Gasteiger partial charge in [0.1, 0.15) is 0 Å². The molecule has 0 unspecified atom stereocenters. The summed E-state index contributed by atoms with van der Waals surface area (Å²) in [7, 11) is 0. The number of thiazole rings is 1. The van der Waals surface area contributed by atoms with Crippen LogP contribution in [0.15, 0.2) is 5.38 Å². The highest BCUT2D eigenvalue weighted by atomic mass is 32.1. The number of carbonyl (C=O) groups excluding carboxylic acids is 1. The second kappa shape index (κ2) is 7.60. The van der Waals surface area contributed by atoms with Crippen molar-refractivity contribution in [2.24, 2.45) is 0 Å². The zero-order chi connectivity index (χ0) is 14.3. The van der Waals surface area contributed by atoms with Crippen LogP contribution < -0.4 is 5.32 Å². The Morgan fingerprint density at radius 2 is 2.21 bits per heavy atom. The summed E-state index contributed by atoms with van der Waals surface area (Å²) in [5.74, 6) is -0.118. The van der Waals surface area contributed by atoms with Gasteiger partial charge in [0, 0.05) is 23.8 Å². The van der Waals surface area contributed by atoms with Crippen molar-refractivity contribution in [1.82, 2.24) is 10.3 Å². The molecule has 19 heavy (non-hydrogen) atoms. The molecule has 1 rings (SSSR count). The number of carbonyl (C=O) groups is 1. The predicted octanol–water partition coefficient (Wildman–Crippen LogP) is 2.87. The summed E-state index contributed by atoms with van der Waals surface area (Å²) >= 11 is 1.71. The average Bonchev–Trinajstić information content (AvgIpc) is 2.77. The van der Waals surface area contributed by atoms with Crippen LogP contribution in [0.1, 0.15) is 51.2 Å². The van der Waals surface area contributed by atoms with Gasteiger partial charge in [0.25, 0.3) is 0 Å². The van der Waals surface area contributed by atoms with Gasteiger partial charge in [-0.2, -0.15) is 0 Å². The molecule has 1 aromatic heterocycles. The van der Waals surface area contributed by atoms with E-state index in [9.17, 15) is 4.79 Å². The Balaban J connectivity index is 2.20. The molecule has 0 fully saturated rings. The Hall–Kier alpha value is -0.940. The second-order valence-electron chi connectivity index (χ2n) is 5.48. The van der Waals surface area contributed by atoms with Gasteiger partial charge in [-0.05, 0) is 19.9 Å². The van der Waals surface area contributed by atoms with E-state index in [1.54, 1.807) is 11.3 Å². The van der Waals surface area contributed by atoms with Gasteiger partial charge in [0.2, 0.25) is 0 Å². The quantitative estimate of drug-likeness (QED) is 0.618. The molecule has 0 aliphatic heterocycles. The van der Waals surface area contributed by atoms with Crippen LogP contribution in [0.2, 0.25) is 0 Å². The Labute approximate surface area is 119 Å². The van der Waals surface area contributed by atoms with E-state index in [1.807, 2.05) is 6.92 Å². The first-order valence-corrected chi connectivity index (χ1v) is 7.62. The molecule has 1 aromatic rings. The van der Waals surface area contributed by atoms with Crippen LogP contribution in [0.4, 0.5) is 0 Å². The van der Waals surface area contributed by atoms with E-state index in [-0.39, 0.29) is 11.4 Å². The minimum absolute atomic E-state index is 0.118. The second-order valence-corrected chi connectivity index (χ2v) is 6.34. The van der Waals surface area contributed by atoms with Gasteiger partial charge in [-0.1, -0.05) is 20.8 Å². The Kier molecular flexibility index (Phi) is 6.45. The largest absolute Gasteiger partial charge is 0.466 e. The molecule has 1 N–H and O–H groups in total. The standard InChI is InChI=1S/C14H24N2O2S/c1-5-18-12(17)7-6-8-15-9-11-10-19-13(16-11)14(2,3)4/h10,15H,5-9H2,1-4H3. The number of aromatic nitrogens is 1. The molecule has 108 valence electrons. The van der Waals surface area contributed by atoms with E-state index in [0.29, 0.717) is 13.0 Å². The van der Waals surface area contributed by atoms with Gasteiger partial charge < -0.3 is 10.1 Å². The molecule has 0 bridgehead atoms. The number of hydrogen-bond donors (Lipinski definition) is 1. The molecular weight excluding hydrogens is 260 g/mol. The van der Waals surface area contributed by atoms with Crippen LogP contribution in [0.3, 0.4) is 0 Å². The molecule has 0 saturated heterocycles. The highest BCUT2D eigenvalue weighted by Crippen LogP contribution is 2.25. The van der Waals surface area contributed by atoms with Crippen molar-refractivity contribution >= 4 is 17.3 Å². The maximum atomic E-state index is 11.1. The lowest BCUT2D eigenvalue weighted by atomic mass is 9.98. The van der Waals surface area contributed by atoms with Crippen molar-refractivity contribution in [1.29, 1.82) is 0 Å². The summed E-state index contributed by atoms with van der Waals surface area (Å²) in [6, 6.07) is 0. The van der Waals surface area contributed by atoms with Gasteiger partial charge >= 0.3 is 5.97 Å². The number of nitrogens with one attached hydrogen (secondary N) is 1. The molecule has 0 spiro atoms. The number of hydrogen-bond acceptors (Lipinski definition) is 5. The van der Waals surface area contributed by atoms with Crippen LogP contribution in [0, 0.1) is 0 Å². The van der Waals surface area contributed by atoms with Gasteiger partial charge in [-0.3, -0.25) is 4.79 Å². The SMILES string of the molecule is CCOC(=O)CCCNCc1csc(C(C)(C)C)n1. The average molecular weight is 284 g/mol. The highest BCUT2D eigenvalue weighted by molar-refractivity contribution is 7.09. The van der Waals surface area contributed by atoms with Gasteiger partial charge in [-0.15, -0.1) is 11.3 Å². The summed E-state index contributed by atoms with van der Waals surface area (Å²) in [6.07, 6.45) is 1.28. The van der Waals surface area contributed by atoms with Gasteiger partial charge in [0.05, 0.1) is 17.3 Å². The normalized spacial score (nSPS) is 11.6. The predicted molar refractivity (Wildman–Crippen MR) is 78.4 cm³/mol. The van der Waals surface area contributed by atoms with E-state index in [2.05, 4.69) is 36.5 Å². The zero-order valence-electron chi connectivity index (χ0n) is 12.3. The van der Waals surface area contributed by atoms with Crippen molar-refractivity contribution in [3.8, 4) is 0 Å². The van der Waals surface area contributed by atoms with Crippen molar-refractivity contribution in [2.45, 2.75) is 52.5 Å². The summed E-state index contributed by atoms with van der Waals surface area (Å²) in [5, 5.41) is 6.56. The Morgan fingerprint density at radius 1 is 1.47 bits per heavy atom. The summed E-state index contributed by atoms with van der Waals surface area (Å²) in [5.41, 5.74) is 1.19. The topological polar surface area (TPSA) is 51.2 Å². The summed E-state index contributed by atoms with van der Waals surface area (Å²) in [4.78, 5) is 15.7. The Morgan fingerprint density at radius 3 is 2.79 bits per heavy atom. The molecule has 0 radical (unpaired) electrons. The molecule has 5 heteroatoms. The van der Waals surface area contributed by atoms with Crippen LogP contribution >= 0.6 is 11.3 Å². The molecular formula is C14H24N2O2S. The zero-order valence-corrected chi connectivity index (χ0v) is 13.1. The van der Waals surface area contributed by atoms with Crippen molar-refractivity contribution in [3.05, 3.63) is 16.1 Å². The van der Waals surface area contributed by atoms with Crippen molar-refractivity contribution < 1.29 is 9.53 Å². The van der Waals surface area contributed by atoms with E-state index in [4.69, 9.17) is 4.74 Å². The molecule has 0 aromatic carbocycles. The minimum atomic E-state index is -0.118. The fourth-order valence-electron chi connectivity index (χ4n) is 1.54. The first-order chi connectivity index (χ1) is 8.93. The van der Waals surface area contributed by atoms with E-state index in [1.165, 1.54) is 0 Å².